The second-order valence-corrected chi connectivity index (χ2v) is 4.57. The van der Waals surface area contributed by atoms with Gasteiger partial charge in [0.05, 0.1) is 5.69 Å². The summed E-state index contributed by atoms with van der Waals surface area (Å²) in [5, 5.41) is 4.38. The SMILES string of the molecule is CC(C)c1ccn(-c2nc(N)cc(Br)n2)n1. The second-order valence-electron chi connectivity index (χ2n) is 3.76. The maximum absolute atomic E-state index is 5.64. The van der Waals surface area contributed by atoms with Crippen LogP contribution < -0.4 is 5.73 Å². The van der Waals surface area contributed by atoms with Gasteiger partial charge in [-0.05, 0) is 27.9 Å². The molecule has 16 heavy (non-hydrogen) atoms. The summed E-state index contributed by atoms with van der Waals surface area (Å²) in [6.45, 7) is 4.17. The highest BCUT2D eigenvalue weighted by Crippen LogP contribution is 2.15. The molecule has 6 heteroatoms. The molecule has 0 bridgehead atoms. The molecule has 0 atom stereocenters. The van der Waals surface area contributed by atoms with Crippen molar-refractivity contribution >= 4 is 21.7 Å². The standard InChI is InChI=1S/C10H12BrN5/c1-6(2)7-3-4-16(15-7)10-13-8(11)5-9(12)14-10/h3-6H,1-2H3,(H2,12,13,14). The Morgan fingerprint density at radius 1 is 1.38 bits per heavy atom. The van der Waals surface area contributed by atoms with Crippen LogP contribution in [0.1, 0.15) is 25.5 Å². The van der Waals surface area contributed by atoms with E-state index in [9.17, 15) is 0 Å². The molecule has 0 aliphatic heterocycles. The minimum atomic E-state index is 0.380. The normalized spacial score (nSPS) is 11.0. The Morgan fingerprint density at radius 3 is 2.69 bits per heavy atom. The fraction of sp³-hybridized carbons (Fsp3) is 0.300. The summed E-state index contributed by atoms with van der Waals surface area (Å²) in [5.74, 6) is 1.27. The zero-order valence-electron chi connectivity index (χ0n) is 9.05. The zero-order valence-corrected chi connectivity index (χ0v) is 10.6. The predicted molar refractivity (Wildman–Crippen MR) is 65.4 cm³/mol. The van der Waals surface area contributed by atoms with Crippen molar-refractivity contribution in [2.75, 3.05) is 5.73 Å². The minimum Gasteiger partial charge on any atom is -0.383 e. The zero-order chi connectivity index (χ0) is 11.7. The summed E-state index contributed by atoms with van der Waals surface area (Å²) in [5.41, 5.74) is 6.64. The third-order valence-electron chi connectivity index (χ3n) is 2.11. The first-order valence-corrected chi connectivity index (χ1v) is 5.71. The van der Waals surface area contributed by atoms with Crippen LogP contribution >= 0.6 is 15.9 Å². The molecule has 0 spiro atoms. The molecule has 5 nitrogen and oxygen atoms in total. The van der Waals surface area contributed by atoms with Gasteiger partial charge in [0.25, 0.3) is 5.95 Å². The lowest BCUT2D eigenvalue weighted by Gasteiger charge is -2.02. The van der Waals surface area contributed by atoms with Crippen LogP contribution in [0.3, 0.4) is 0 Å². The fourth-order valence-electron chi connectivity index (χ4n) is 1.28. The maximum Gasteiger partial charge on any atom is 0.253 e. The van der Waals surface area contributed by atoms with Crippen molar-refractivity contribution in [3.05, 3.63) is 28.6 Å². The highest BCUT2D eigenvalue weighted by Gasteiger charge is 2.07. The molecule has 0 unspecified atom stereocenters. The van der Waals surface area contributed by atoms with Gasteiger partial charge >= 0.3 is 0 Å². The number of nitrogens with two attached hydrogens (primary N) is 1. The lowest BCUT2D eigenvalue weighted by molar-refractivity contribution is 0.741. The van der Waals surface area contributed by atoms with Crippen LogP contribution in [0.4, 0.5) is 5.82 Å². The van der Waals surface area contributed by atoms with E-state index in [4.69, 9.17) is 5.73 Å². The lowest BCUT2D eigenvalue weighted by Crippen LogP contribution is -2.05. The molecule has 2 rings (SSSR count). The highest BCUT2D eigenvalue weighted by atomic mass is 79.9. The smallest absolute Gasteiger partial charge is 0.253 e. The topological polar surface area (TPSA) is 69.6 Å². The molecule has 0 aliphatic carbocycles. The van der Waals surface area contributed by atoms with Crippen LogP contribution in [0.2, 0.25) is 0 Å². The van der Waals surface area contributed by atoms with Gasteiger partial charge in [-0.25, -0.2) is 9.67 Å². The quantitative estimate of drug-likeness (QED) is 0.857. The largest absolute Gasteiger partial charge is 0.383 e. The van der Waals surface area contributed by atoms with Gasteiger partial charge in [-0.2, -0.15) is 10.1 Å². The van der Waals surface area contributed by atoms with Crippen LogP contribution in [0.5, 0.6) is 0 Å². The van der Waals surface area contributed by atoms with E-state index in [0.717, 1.165) is 5.69 Å². The number of nitrogens with zero attached hydrogens (tertiary/aromatic N) is 4. The third kappa shape index (κ3) is 2.21. The Morgan fingerprint density at radius 2 is 2.12 bits per heavy atom. The van der Waals surface area contributed by atoms with Crippen molar-refractivity contribution in [2.24, 2.45) is 0 Å². The molecule has 2 aromatic rings. The van der Waals surface area contributed by atoms with E-state index in [1.165, 1.54) is 0 Å². The molecular formula is C10H12BrN5. The molecular weight excluding hydrogens is 270 g/mol. The molecule has 0 amide bonds. The summed E-state index contributed by atoms with van der Waals surface area (Å²) >= 11 is 3.27. The van der Waals surface area contributed by atoms with Crippen LogP contribution in [-0.4, -0.2) is 19.7 Å². The van der Waals surface area contributed by atoms with Crippen LogP contribution in [0.15, 0.2) is 22.9 Å². The third-order valence-corrected chi connectivity index (χ3v) is 2.52. The van der Waals surface area contributed by atoms with Crippen molar-refractivity contribution in [3.8, 4) is 5.95 Å². The predicted octanol–water partition coefficient (Wildman–Crippen LogP) is 2.13. The summed E-state index contributed by atoms with van der Waals surface area (Å²) in [6, 6.07) is 3.60. The number of halogens is 1. The molecule has 0 aliphatic rings. The van der Waals surface area contributed by atoms with Crippen LogP contribution in [0, 0.1) is 0 Å². The van der Waals surface area contributed by atoms with Gasteiger partial charge in [0, 0.05) is 12.3 Å². The number of aromatic nitrogens is 4. The number of rotatable bonds is 2. The first-order chi connectivity index (χ1) is 7.56. The Hall–Kier alpha value is -1.43. The Balaban J connectivity index is 2.42. The first-order valence-electron chi connectivity index (χ1n) is 4.92. The molecule has 0 aromatic carbocycles. The summed E-state index contributed by atoms with van der Waals surface area (Å²) in [7, 11) is 0. The lowest BCUT2D eigenvalue weighted by atomic mass is 10.1. The molecule has 0 fully saturated rings. The highest BCUT2D eigenvalue weighted by molar-refractivity contribution is 9.10. The van der Waals surface area contributed by atoms with E-state index >= 15 is 0 Å². The minimum absolute atomic E-state index is 0.380. The Kier molecular flexibility index (Phi) is 2.91. The van der Waals surface area contributed by atoms with E-state index < -0.39 is 0 Å². The van der Waals surface area contributed by atoms with Crippen molar-refractivity contribution in [2.45, 2.75) is 19.8 Å². The van der Waals surface area contributed by atoms with Crippen LogP contribution in [0.25, 0.3) is 5.95 Å². The number of hydrogen-bond acceptors (Lipinski definition) is 4. The van der Waals surface area contributed by atoms with Gasteiger partial charge in [0.2, 0.25) is 0 Å². The molecule has 0 saturated heterocycles. The van der Waals surface area contributed by atoms with E-state index in [1.54, 1.807) is 10.7 Å². The maximum atomic E-state index is 5.64. The van der Waals surface area contributed by atoms with Gasteiger partial charge < -0.3 is 5.73 Å². The monoisotopic (exact) mass is 281 g/mol. The molecule has 2 heterocycles. The first kappa shape index (κ1) is 11.1. The van der Waals surface area contributed by atoms with Crippen LogP contribution in [-0.2, 0) is 0 Å². The average molecular weight is 282 g/mol. The van der Waals surface area contributed by atoms with Gasteiger partial charge in [-0.1, -0.05) is 13.8 Å². The molecule has 0 radical (unpaired) electrons. The fourth-order valence-corrected chi connectivity index (χ4v) is 1.68. The van der Waals surface area contributed by atoms with Gasteiger partial charge in [0.15, 0.2) is 0 Å². The van der Waals surface area contributed by atoms with Gasteiger partial charge in [-0.3, -0.25) is 0 Å². The van der Waals surface area contributed by atoms with Crippen molar-refractivity contribution in [1.29, 1.82) is 0 Å². The van der Waals surface area contributed by atoms with E-state index in [1.807, 2.05) is 12.3 Å². The Labute approximate surface area is 102 Å². The van der Waals surface area contributed by atoms with Crippen molar-refractivity contribution in [1.82, 2.24) is 19.7 Å². The van der Waals surface area contributed by atoms with Crippen molar-refractivity contribution < 1.29 is 0 Å². The molecule has 2 aromatic heterocycles. The molecule has 0 saturated carbocycles. The van der Waals surface area contributed by atoms with E-state index in [0.29, 0.717) is 22.3 Å². The summed E-state index contributed by atoms with van der Waals surface area (Å²) in [6.07, 6.45) is 1.83. The van der Waals surface area contributed by atoms with Crippen molar-refractivity contribution in [3.63, 3.8) is 0 Å². The number of nitrogen functional groups attached to an aromatic ring is 1. The Bertz CT molecular complexity index is 485. The average Bonchev–Trinajstić information content (AvgIpc) is 2.64. The molecule has 84 valence electrons. The van der Waals surface area contributed by atoms with E-state index in [2.05, 4.69) is 44.8 Å². The summed E-state index contributed by atoms with van der Waals surface area (Å²) < 4.78 is 2.27. The van der Waals surface area contributed by atoms with Gasteiger partial charge in [0.1, 0.15) is 10.4 Å². The number of hydrogen-bond donors (Lipinski definition) is 1. The molecule has 2 N–H and O–H groups in total. The van der Waals surface area contributed by atoms with E-state index in [-0.39, 0.29) is 0 Å². The van der Waals surface area contributed by atoms with Gasteiger partial charge in [-0.15, -0.1) is 0 Å². The number of anilines is 1. The second kappa shape index (κ2) is 4.21. The summed E-state index contributed by atoms with van der Waals surface area (Å²) in [4.78, 5) is 8.32.